The minimum Gasteiger partial charge on any atom is -0.497 e. The SMILES string of the molecule is COc1ccc([C@H]2[C@@H]3CN(c4ccnc(C(=O)O)c4)C[C@@H]3CN2C)cc1.Cl.Cl. The van der Waals surface area contributed by atoms with Crippen LogP contribution in [0, 0.1) is 11.8 Å². The Balaban J connectivity index is 0.00000140. The maximum atomic E-state index is 11.2. The Morgan fingerprint density at radius 2 is 1.86 bits per heavy atom. The largest absolute Gasteiger partial charge is 0.497 e. The number of carbonyl (C=O) groups is 1. The van der Waals surface area contributed by atoms with Gasteiger partial charge in [-0.3, -0.25) is 4.90 Å². The molecule has 2 aliphatic rings. The zero-order valence-electron chi connectivity index (χ0n) is 15.8. The van der Waals surface area contributed by atoms with Crippen molar-refractivity contribution < 1.29 is 14.6 Å². The molecule has 1 aromatic carbocycles. The summed E-state index contributed by atoms with van der Waals surface area (Å²) in [5.74, 6) is 0.988. The van der Waals surface area contributed by atoms with E-state index in [9.17, 15) is 9.90 Å². The van der Waals surface area contributed by atoms with E-state index in [0.29, 0.717) is 17.9 Å². The molecule has 2 saturated heterocycles. The number of aromatic nitrogens is 1. The van der Waals surface area contributed by atoms with Crippen LogP contribution in [0.25, 0.3) is 0 Å². The molecule has 3 atom stereocenters. The zero-order chi connectivity index (χ0) is 18.3. The Morgan fingerprint density at radius 3 is 2.50 bits per heavy atom. The van der Waals surface area contributed by atoms with Crippen LogP contribution in [0.3, 0.4) is 0 Å². The summed E-state index contributed by atoms with van der Waals surface area (Å²) in [5, 5.41) is 9.18. The van der Waals surface area contributed by atoms with Gasteiger partial charge < -0.3 is 14.7 Å². The number of methoxy groups -OCH3 is 1. The summed E-state index contributed by atoms with van der Waals surface area (Å²) in [6, 6.07) is 12.3. The molecule has 2 aromatic rings. The van der Waals surface area contributed by atoms with Gasteiger partial charge in [0, 0.05) is 43.5 Å². The van der Waals surface area contributed by atoms with Gasteiger partial charge in [0.2, 0.25) is 0 Å². The highest BCUT2D eigenvalue weighted by Crippen LogP contribution is 2.45. The molecule has 2 aliphatic heterocycles. The number of likely N-dealkylation sites (tertiary alicyclic amines) is 1. The van der Waals surface area contributed by atoms with Crippen LogP contribution >= 0.6 is 24.8 Å². The average molecular weight is 426 g/mol. The van der Waals surface area contributed by atoms with Gasteiger partial charge in [0.15, 0.2) is 0 Å². The van der Waals surface area contributed by atoms with Crippen LogP contribution in [-0.2, 0) is 0 Å². The van der Waals surface area contributed by atoms with Crippen LogP contribution in [0.5, 0.6) is 5.75 Å². The monoisotopic (exact) mass is 425 g/mol. The molecule has 0 bridgehead atoms. The Hall–Kier alpha value is -2.02. The van der Waals surface area contributed by atoms with Crippen molar-refractivity contribution in [3.8, 4) is 5.75 Å². The second-order valence-corrected chi connectivity index (χ2v) is 7.19. The van der Waals surface area contributed by atoms with Crippen LogP contribution in [-0.4, -0.2) is 54.8 Å². The highest BCUT2D eigenvalue weighted by atomic mass is 35.5. The summed E-state index contributed by atoms with van der Waals surface area (Å²) in [6.07, 6.45) is 1.58. The van der Waals surface area contributed by atoms with Gasteiger partial charge in [0.1, 0.15) is 11.4 Å². The number of halogens is 2. The number of carboxylic acids is 1. The van der Waals surface area contributed by atoms with Gasteiger partial charge in [0.25, 0.3) is 0 Å². The highest BCUT2D eigenvalue weighted by molar-refractivity contribution is 5.86. The van der Waals surface area contributed by atoms with Gasteiger partial charge in [-0.25, -0.2) is 9.78 Å². The van der Waals surface area contributed by atoms with Crippen molar-refractivity contribution in [2.24, 2.45) is 11.8 Å². The van der Waals surface area contributed by atoms with Gasteiger partial charge in [-0.05, 0) is 42.8 Å². The Kier molecular flexibility index (Phi) is 7.15. The second kappa shape index (κ2) is 8.99. The lowest BCUT2D eigenvalue weighted by atomic mass is 9.89. The molecular formula is C20H25Cl2N3O3. The van der Waals surface area contributed by atoms with Crippen molar-refractivity contribution in [1.82, 2.24) is 9.88 Å². The lowest BCUT2D eigenvalue weighted by Crippen LogP contribution is -2.29. The Morgan fingerprint density at radius 1 is 1.14 bits per heavy atom. The zero-order valence-corrected chi connectivity index (χ0v) is 17.4. The maximum absolute atomic E-state index is 11.2. The molecule has 28 heavy (non-hydrogen) atoms. The molecule has 0 radical (unpaired) electrons. The Labute approximate surface area is 177 Å². The number of nitrogens with zero attached hydrogens (tertiary/aromatic N) is 3. The molecule has 0 saturated carbocycles. The Bertz CT molecular complexity index is 819. The van der Waals surface area contributed by atoms with E-state index in [1.54, 1.807) is 19.4 Å². The lowest BCUT2D eigenvalue weighted by Gasteiger charge is -2.27. The summed E-state index contributed by atoms with van der Waals surface area (Å²) in [4.78, 5) is 19.9. The fourth-order valence-corrected chi connectivity index (χ4v) is 4.50. The smallest absolute Gasteiger partial charge is 0.354 e. The molecule has 0 spiro atoms. The molecule has 0 aliphatic carbocycles. The number of aromatic carboxylic acids is 1. The minimum atomic E-state index is -0.984. The van der Waals surface area contributed by atoms with E-state index in [1.807, 2.05) is 18.2 Å². The van der Waals surface area contributed by atoms with Gasteiger partial charge >= 0.3 is 5.97 Å². The summed E-state index contributed by atoms with van der Waals surface area (Å²) in [6.45, 7) is 2.92. The number of carboxylic acid groups (broad SMARTS) is 1. The highest BCUT2D eigenvalue weighted by Gasteiger charge is 2.46. The van der Waals surface area contributed by atoms with Crippen molar-refractivity contribution >= 4 is 36.5 Å². The predicted octanol–water partition coefficient (Wildman–Crippen LogP) is 3.37. The second-order valence-electron chi connectivity index (χ2n) is 7.19. The fraction of sp³-hybridized carbons (Fsp3) is 0.400. The molecule has 8 heteroatoms. The molecule has 4 rings (SSSR count). The number of hydrogen-bond donors (Lipinski definition) is 1. The molecule has 3 heterocycles. The van der Waals surface area contributed by atoms with Crippen LogP contribution in [0.1, 0.15) is 22.1 Å². The first-order chi connectivity index (χ1) is 12.6. The average Bonchev–Trinajstić information content (AvgIpc) is 3.18. The van der Waals surface area contributed by atoms with E-state index in [-0.39, 0.29) is 30.5 Å². The van der Waals surface area contributed by atoms with E-state index in [2.05, 4.69) is 34.0 Å². The number of ether oxygens (including phenoxy) is 1. The molecule has 1 N–H and O–H groups in total. The molecule has 0 amide bonds. The van der Waals surface area contributed by atoms with Crippen molar-refractivity contribution in [3.63, 3.8) is 0 Å². The van der Waals surface area contributed by atoms with Crippen LogP contribution in [0.4, 0.5) is 5.69 Å². The molecular weight excluding hydrogens is 401 g/mol. The summed E-state index contributed by atoms with van der Waals surface area (Å²) < 4.78 is 5.27. The molecule has 2 fully saturated rings. The summed E-state index contributed by atoms with van der Waals surface area (Å²) >= 11 is 0. The van der Waals surface area contributed by atoms with E-state index < -0.39 is 5.97 Å². The minimum absolute atomic E-state index is 0. The van der Waals surface area contributed by atoms with Crippen LogP contribution < -0.4 is 9.64 Å². The van der Waals surface area contributed by atoms with Gasteiger partial charge in [-0.15, -0.1) is 24.8 Å². The number of rotatable bonds is 4. The molecule has 152 valence electrons. The number of fused-ring (bicyclic) bond motifs is 1. The predicted molar refractivity (Wildman–Crippen MR) is 113 cm³/mol. The number of benzene rings is 1. The van der Waals surface area contributed by atoms with E-state index in [1.165, 1.54) is 5.56 Å². The summed E-state index contributed by atoms with van der Waals surface area (Å²) in [5.41, 5.74) is 2.36. The number of anilines is 1. The first kappa shape index (κ1) is 22.3. The van der Waals surface area contributed by atoms with Crippen molar-refractivity contribution in [1.29, 1.82) is 0 Å². The first-order valence-corrected chi connectivity index (χ1v) is 8.85. The van der Waals surface area contributed by atoms with Crippen molar-refractivity contribution in [2.75, 3.05) is 38.7 Å². The fourth-order valence-electron chi connectivity index (χ4n) is 4.50. The third-order valence-corrected chi connectivity index (χ3v) is 5.68. The van der Waals surface area contributed by atoms with Crippen LogP contribution in [0.15, 0.2) is 42.6 Å². The number of hydrogen-bond acceptors (Lipinski definition) is 5. The third kappa shape index (κ3) is 4.04. The molecule has 0 unspecified atom stereocenters. The van der Waals surface area contributed by atoms with Gasteiger partial charge in [0.05, 0.1) is 7.11 Å². The summed E-state index contributed by atoms with van der Waals surface area (Å²) in [7, 11) is 3.87. The molecule has 1 aromatic heterocycles. The van der Waals surface area contributed by atoms with Crippen molar-refractivity contribution in [2.45, 2.75) is 6.04 Å². The van der Waals surface area contributed by atoms with E-state index in [0.717, 1.165) is 31.1 Å². The molecule has 6 nitrogen and oxygen atoms in total. The lowest BCUT2D eigenvalue weighted by molar-refractivity contribution is 0.0690. The van der Waals surface area contributed by atoms with Gasteiger partial charge in [-0.1, -0.05) is 12.1 Å². The standard InChI is InChI=1S/C20H23N3O3.2ClH/c1-22-10-14-11-23(15-7-8-21-18(9-15)20(24)25)12-17(14)19(22)13-3-5-16(26-2)6-4-13;;/h3-9,14,17,19H,10-12H2,1-2H3,(H,24,25);2*1H/t14-,17+,19-;;/m0../s1. The third-order valence-electron chi connectivity index (χ3n) is 5.68. The normalized spacial score (nSPS) is 23.5. The first-order valence-electron chi connectivity index (χ1n) is 8.85. The maximum Gasteiger partial charge on any atom is 0.354 e. The van der Waals surface area contributed by atoms with Crippen molar-refractivity contribution in [3.05, 3.63) is 53.9 Å². The quantitative estimate of drug-likeness (QED) is 0.809. The van der Waals surface area contributed by atoms with Gasteiger partial charge in [-0.2, -0.15) is 0 Å². The number of pyridine rings is 1. The van der Waals surface area contributed by atoms with E-state index in [4.69, 9.17) is 4.74 Å². The van der Waals surface area contributed by atoms with E-state index >= 15 is 0 Å². The van der Waals surface area contributed by atoms with Crippen LogP contribution in [0.2, 0.25) is 0 Å². The topological polar surface area (TPSA) is 65.9 Å².